The number of esters is 1. The van der Waals surface area contributed by atoms with E-state index >= 15 is 0 Å². The number of hydrogen-bond acceptors (Lipinski definition) is 6. The predicted molar refractivity (Wildman–Crippen MR) is 83.0 cm³/mol. The molecule has 1 aromatic rings. The summed E-state index contributed by atoms with van der Waals surface area (Å²) in [7, 11) is -1.60. The van der Waals surface area contributed by atoms with Gasteiger partial charge in [0, 0.05) is 13.1 Å². The van der Waals surface area contributed by atoms with Crippen LogP contribution in [0.3, 0.4) is 0 Å². The van der Waals surface area contributed by atoms with Crippen LogP contribution in [-0.4, -0.2) is 61.5 Å². The maximum Gasteiger partial charge on any atom is 0.342 e. The molecule has 1 amide bonds. The molecule has 1 N–H and O–H groups in total. The molecule has 7 nitrogen and oxygen atoms in total. The number of rotatable bonds is 4. The van der Waals surface area contributed by atoms with E-state index in [4.69, 9.17) is 4.74 Å². The van der Waals surface area contributed by atoms with Crippen LogP contribution in [-0.2, 0) is 19.4 Å². The van der Waals surface area contributed by atoms with Crippen molar-refractivity contribution in [3.05, 3.63) is 29.3 Å². The van der Waals surface area contributed by atoms with E-state index in [-0.39, 0.29) is 28.9 Å². The summed E-state index contributed by atoms with van der Waals surface area (Å²) in [6.07, 6.45) is 0.386. The van der Waals surface area contributed by atoms with Gasteiger partial charge >= 0.3 is 5.97 Å². The fourth-order valence-corrected chi connectivity index (χ4v) is 4.18. The Bertz CT molecular complexity index is 727. The number of likely N-dealkylation sites (N-methyl/N-ethyl adjacent to an activating group) is 1. The van der Waals surface area contributed by atoms with Gasteiger partial charge in [-0.05, 0) is 31.0 Å². The highest BCUT2D eigenvalue weighted by atomic mass is 32.2. The van der Waals surface area contributed by atoms with E-state index in [0.29, 0.717) is 6.42 Å². The lowest BCUT2D eigenvalue weighted by Gasteiger charge is -2.23. The fraction of sp³-hybridized carbons (Fsp3) is 0.467. The van der Waals surface area contributed by atoms with E-state index in [1.807, 2.05) is 0 Å². The van der Waals surface area contributed by atoms with Gasteiger partial charge in [-0.1, -0.05) is 6.07 Å². The Morgan fingerprint density at radius 2 is 2.09 bits per heavy atom. The van der Waals surface area contributed by atoms with Crippen molar-refractivity contribution in [2.24, 2.45) is 0 Å². The molecule has 0 unspecified atom stereocenters. The summed E-state index contributed by atoms with van der Waals surface area (Å²) in [6, 6.07) is 4.10. The first-order valence-electron chi connectivity index (χ1n) is 7.12. The van der Waals surface area contributed by atoms with Crippen LogP contribution in [0.2, 0.25) is 0 Å². The molecule has 0 saturated carbocycles. The van der Waals surface area contributed by atoms with Crippen LogP contribution >= 0.6 is 0 Å². The minimum Gasteiger partial charge on any atom is -0.507 e. The Hall–Kier alpha value is -2.09. The van der Waals surface area contributed by atoms with Crippen molar-refractivity contribution in [2.45, 2.75) is 19.4 Å². The minimum atomic E-state index is -3.09. The molecule has 1 heterocycles. The monoisotopic (exact) mass is 341 g/mol. The molecule has 1 aromatic carbocycles. The van der Waals surface area contributed by atoms with Gasteiger partial charge in [0.1, 0.15) is 11.3 Å². The zero-order valence-corrected chi connectivity index (χ0v) is 13.8. The molecule has 0 spiro atoms. The first kappa shape index (κ1) is 17.3. The highest BCUT2D eigenvalue weighted by Crippen LogP contribution is 2.20. The van der Waals surface area contributed by atoms with Crippen LogP contribution in [0.25, 0.3) is 0 Å². The molecular weight excluding hydrogens is 322 g/mol. The van der Waals surface area contributed by atoms with E-state index in [0.717, 1.165) is 5.56 Å². The maximum atomic E-state index is 12.0. The number of carbonyl (C=O) groups is 2. The second-order valence-corrected chi connectivity index (χ2v) is 7.89. The number of phenolic OH excluding ortho intramolecular Hbond substituents is 1. The Balaban J connectivity index is 1.92. The van der Waals surface area contributed by atoms with Crippen molar-refractivity contribution < 1.29 is 27.9 Å². The molecule has 0 bridgehead atoms. The number of sulfone groups is 1. The van der Waals surface area contributed by atoms with Crippen LogP contribution in [0.5, 0.6) is 5.75 Å². The fourth-order valence-electron chi connectivity index (χ4n) is 2.41. The van der Waals surface area contributed by atoms with Gasteiger partial charge in [0.25, 0.3) is 5.91 Å². The third-order valence-electron chi connectivity index (χ3n) is 3.85. The van der Waals surface area contributed by atoms with Gasteiger partial charge in [0.15, 0.2) is 16.4 Å². The van der Waals surface area contributed by atoms with Crippen LogP contribution in [0, 0.1) is 6.92 Å². The van der Waals surface area contributed by atoms with Crippen molar-refractivity contribution >= 4 is 21.7 Å². The second-order valence-electron chi connectivity index (χ2n) is 5.66. The maximum absolute atomic E-state index is 12.0. The SMILES string of the molecule is Cc1ccc(C(=O)OCC(=O)N(C)[C@H]2CCS(=O)(=O)C2)c(O)c1. The highest BCUT2D eigenvalue weighted by molar-refractivity contribution is 7.91. The van der Waals surface area contributed by atoms with Gasteiger partial charge in [-0.15, -0.1) is 0 Å². The first-order valence-corrected chi connectivity index (χ1v) is 8.94. The van der Waals surface area contributed by atoms with E-state index in [1.165, 1.54) is 24.1 Å². The zero-order valence-electron chi connectivity index (χ0n) is 13.0. The second kappa shape index (κ2) is 6.57. The molecule has 1 saturated heterocycles. The molecule has 126 valence electrons. The van der Waals surface area contributed by atoms with Crippen LogP contribution in [0.1, 0.15) is 22.3 Å². The van der Waals surface area contributed by atoms with E-state index in [2.05, 4.69) is 0 Å². The molecule has 2 rings (SSSR count). The molecule has 1 aliphatic heterocycles. The smallest absolute Gasteiger partial charge is 0.342 e. The number of phenols is 1. The van der Waals surface area contributed by atoms with Crippen molar-refractivity contribution in [1.29, 1.82) is 0 Å². The van der Waals surface area contributed by atoms with Gasteiger partial charge in [0.05, 0.1) is 11.5 Å². The van der Waals surface area contributed by atoms with Crippen molar-refractivity contribution in [3.63, 3.8) is 0 Å². The molecule has 0 aromatic heterocycles. The number of nitrogens with zero attached hydrogens (tertiary/aromatic N) is 1. The van der Waals surface area contributed by atoms with Gasteiger partial charge < -0.3 is 14.7 Å². The molecule has 0 radical (unpaired) electrons. The van der Waals surface area contributed by atoms with E-state index in [1.54, 1.807) is 13.0 Å². The third-order valence-corrected chi connectivity index (χ3v) is 5.60. The molecule has 0 aliphatic carbocycles. The quantitative estimate of drug-likeness (QED) is 0.801. The van der Waals surface area contributed by atoms with Crippen molar-refractivity contribution in [3.8, 4) is 5.75 Å². The lowest BCUT2D eigenvalue weighted by Crippen LogP contribution is -2.40. The number of amides is 1. The summed E-state index contributed by atoms with van der Waals surface area (Å²) in [5.74, 6) is -1.50. The zero-order chi connectivity index (χ0) is 17.2. The number of carbonyl (C=O) groups excluding carboxylic acids is 2. The summed E-state index contributed by atoms with van der Waals surface area (Å²) < 4.78 is 27.8. The number of aromatic hydroxyl groups is 1. The van der Waals surface area contributed by atoms with Gasteiger partial charge in [-0.2, -0.15) is 0 Å². The topological polar surface area (TPSA) is 101 Å². The molecule has 1 atom stereocenters. The van der Waals surface area contributed by atoms with Crippen LogP contribution in [0.4, 0.5) is 0 Å². The van der Waals surface area contributed by atoms with Crippen LogP contribution in [0.15, 0.2) is 18.2 Å². The summed E-state index contributed by atoms with van der Waals surface area (Å²) in [5, 5.41) is 9.70. The average Bonchev–Trinajstić information content (AvgIpc) is 2.83. The number of aryl methyl sites for hydroxylation is 1. The normalized spacial score (nSPS) is 19.3. The summed E-state index contributed by atoms with van der Waals surface area (Å²) in [4.78, 5) is 25.2. The van der Waals surface area contributed by atoms with E-state index in [9.17, 15) is 23.1 Å². The summed E-state index contributed by atoms with van der Waals surface area (Å²) in [6.45, 7) is 1.27. The lowest BCUT2D eigenvalue weighted by atomic mass is 10.1. The molecule has 1 fully saturated rings. The Kier molecular flexibility index (Phi) is 4.93. The Morgan fingerprint density at radius 1 is 1.39 bits per heavy atom. The summed E-state index contributed by atoms with van der Waals surface area (Å²) in [5.41, 5.74) is 0.770. The lowest BCUT2D eigenvalue weighted by molar-refractivity contribution is -0.134. The summed E-state index contributed by atoms with van der Waals surface area (Å²) >= 11 is 0. The molecule has 8 heteroatoms. The van der Waals surface area contributed by atoms with Crippen molar-refractivity contribution in [2.75, 3.05) is 25.2 Å². The predicted octanol–water partition coefficient (Wildman–Crippen LogP) is 0.503. The van der Waals surface area contributed by atoms with Gasteiger partial charge in [0.2, 0.25) is 0 Å². The van der Waals surface area contributed by atoms with Gasteiger partial charge in [-0.25, -0.2) is 13.2 Å². The average molecular weight is 341 g/mol. The molecular formula is C15H19NO6S. The highest BCUT2D eigenvalue weighted by Gasteiger charge is 2.33. The standard InChI is InChI=1S/C15H19NO6S/c1-10-3-4-12(13(17)7-10)15(19)22-8-14(18)16(2)11-5-6-23(20,21)9-11/h3-4,7,11,17H,5-6,8-9H2,1-2H3/t11-/m0/s1. The van der Waals surface area contributed by atoms with Crippen molar-refractivity contribution in [1.82, 2.24) is 4.90 Å². The number of ether oxygens (including phenoxy) is 1. The number of hydrogen-bond donors (Lipinski definition) is 1. The Morgan fingerprint density at radius 3 is 2.65 bits per heavy atom. The third kappa shape index (κ3) is 4.22. The molecule has 1 aliphatic rings. The van der Waals surface area contributed by atoms with E-state index < -0.39 is 28.3 Å². The number of benzene rings is 1. The van der Waals surface area contributed by atoms with Crippen LogP contribution < -0.4 is 0 Å². The largest absolute Gasteiger partial charge is 0.507 e. The van der Waals surface area contributed by atoms with Gasteiger partial charge in [-0.3, -0.25) is 4.79 Å². The molecule has 23 heavy (non-hydrogen) atoms. The minimum absolute atomic E-state index is 0.0190. The first-order chi connectivity index (χ1) is 10.7. The Labute approximate surface area is 134 Å².